The SMILES string of the molecule is COc1ccc(CC(=O)NCCI)cc1OC. The van der Waals surface area contributed by atoms with Gasteiger partial charge in [-0.2, -0.15) is 0 Å². The lowest BCUT2D eigenvalue weighted by Gasteiger charge is -2.09. The van der Waals surface area contributed by atoms with Crippen molar-refractivity contribution in [2.45, 2.75) is 6.42 Å². The Morgan fingerprint density at radius 3 is 2.59 bits per heavy atom. The Kier molecular flexibility index (Phi) is 6.10. The summed E-state index contributed by atoms with van der Waals surface area (Å²) < 4.78 is 11.2. The molecule has 17 heavy (non-hydrogen) atoms. The van der Waals surface area contributed by atoms with Crippen molar-refractivity contribution in [2.75, 3.05) is 25.2 Å². The van der Waals surface area contributed by atoms with Crippen molar-refractivity contribution in [3.8, 4) is 11.5 Å². The molecule has 0 aromatic heterocycles. The van der Waals surface area contributed by atoms with E-state index in [0.29, 0.717) is 24.5 Å². The van der Waals surface area contributed by atoms with Gasteiger partial charge in [0.25, 0.3) is 0 Å². The third kappa shape index (κ3) is 4.41. The second kappa shape index (κ2) is 7.37. The van der Waals surface area contributed by atoms with E-state index >= 15 is 0 Å². The minimum atomic E-state index is 0.0221. The van der Waals surface area contributed by atoms with Crippen LogP contribution in [0.15, 0.2) is 18.2 Å². The zero-order valence-corrected chi connectivity index (χ0v) is 12.1. The molecule has 4 nitrogen and oxygen atoms in total. The summed E-state index contributed by atoms with van der Waals surface area (Å²) in [7, 11) is 3.17. The maximum Gasteiger partial charge on any atom is 0.224 e. The molecule has 1 amide bonds. The smallest absolute Gasteiger partial charge is 0.224 e. The van der Waals surface area contributed by atoms with Gasteiger partial charge < -0.3 is 14.8 Å². The summed E-state index contributed by atoms with van der Waals surface area (Å²) in [6.45, 7) is 0.701. The molecule has 0 spiro atoms. The topological polar surface area (TPSA) is 47.6 Å². The summed E-state index contributed by atoms with van der Waals surface area (Å²) in [6, 6.07) is 5.49. The van der Waals surface area contributed by atoms with Gasteiger partial charge in [-0.3, -0.25) is 4.79 Å². The zero-order chi connectivity index (χ0) is 12.7. The van der Waals surface area contributed by atoms with Crippen molar-refractivity contribution >= 4 is 28.5 Å². The summed E-state index contributed by atoms with van der Waals surface area (Å²) in [5.74, 6) is 1.34. The molecule has 0 saturated carbocycles. The molecule has 0 bridgehead atoms. The summed E-state index contributed by atoms with van der Waals surface area (Å²) in [5, 5.41) is 2.83. The number of methoxy groups -OCH3 is 2. The van der Waals surface area contributed by atoms with E-state index in [4.69, 9.17) is 9.47 Å². The molecule has 1 aromatic rings. The van der Waals surface area contributed by atoms with E-state index in [2.05, 4.69) is 27.9 Å². The van der Waals surface area contributed by atoms with Crippen molar-refractivity contribution in [3.05, 3.63) is 23.8 Å². The molecule has 94 valence electrons. The van der Waals surface area contributed by atoms with E-state index in [1.54, 1.807) is 20.3 Å². The third-order valence-corrected chi connectivity index (χ3v) is 2.77. The summed E-state index contributed by atoms with van der Waals surface area (Å²) in [4.78, 5) is 11.5. The largest absolute Gasteiger partial charge is 0.493 e. The highest BCUT2D eigenvalue weighted by atomic mass is 127. The Morgan fingerprint density at radius 2 is 2.00 bits per heavy atom. The number of rotatable bonds is 6. The van der Waals surface area contributed by atoms with Crippen LogP contribution >= 0.6 is 22.6 Å². The van der Waals surface area contributed by atoms with Gasteiger partial charge in [0.05, 0.1) is 20.6 Å². The minimum Gasteiger partial charge on any atom is -0.493 e. The number of carbonyl (C=O) groups excluding carboxylic acids is 1. The van der Waals surface area contributed by atoms with E-state index in [-0.39, 0.29) is 5.91 Å². The highest BCUT2D eigenvalue weighted by molar-refractivity contribution is 14.1. The highest BCUT2D eigenvalue weighted by Gasteiger charge is 2.07. The molecule has 0 atom stereocenters. The number of carbonyl (C=O) groups is 1. The van der Waals surface area contributed by atoms with E-state index in [0.717, 1.165) is 9.99 Å². The first kappa shape index (κ1) is 14.1. The van der Waals surface area contributed by atoms with Crippen LogP contribution in [0, 0.1) is 0 Å². The van der Waals surface area contributed by atoms with Gasteiger partial charge in [0, 0.05) is 11.0 Å². The van der Waals surface area contributed by atoms with Crippen LogP contribution in [0.2, 0.25) is 0 Å². The third-order valence-electron chi connectivity index (χ3n) is 2.23. The second-order valence-electron chi connectivity index (χ2n) is 3.41. The molecule has 0 saturated heterocycles. The van der Waals surface area contributed by atoms with Crippen LogP contribution in [0.4, 0.5) is 0 Å². The van der Waals surface area contributed by atoms with E-state index in [9.17, 15) is 4.79 Å². The average Bonchev–Trinajstić information content (AvgIpc) is 2.36. The number of halogens is 1. The Balaban J connectivity index is 2.68. The van der Waals surface area contributed by atoms with Crippen LogP contribution in [0.1, 0.15) is 5.56 Å². The van der Waals surface area contributed by atoms with Gasteiger partial charge in [-0.05, 0) is 17.7 Å². The maximum absolute atomic E-state index is 11.5. The molecule has 0 aliphatic rings. The molecule has 1 rings (SSSR count). The number of amides is 1. The molecular weight excluding hydrogens is 333 g/mol. The summed E-state index contributed by atoms with van der Waals surface area (Å²) in [5.41, 5.74) is 0.911. The second-order valence-corrected chi connectivity index (χ2v) is 4.48. The Labute approximate surface area is 115 Å². The lowest BCUT2D eigenvalue weighted by atomic mass is 10.1. The number of hydrogen-bond donors (Lipinski definition) is 1. The van der Waals surface area contributed by atoms with Gasteiger partial charge in [-0.1, -0.05) is 28.7 Å². The van der Waals surface area contributed by atoms with Crippen molar-refractivity contribution in [1.82, 2.24) is 5.32 Å². The molecule has 0 radical (unpaired) electrons. The molecule has 1 aromatic carbocycles. The van der Waals surface area contributed by atoms with Crippen LogP contribution in [0.3, 0.4) is 0 Å². The van der Waals surface area contributed by atoms with Crippen LogP contribution in [-0.2, 0) is 11.2 Å². The Bertz CT molecular complexity index is 382. The molecular formula is C12H16INO3. The highest BCUT2D eigenvalue weighted by Crippen LogP contribution is 2.27. The number of ether oxygens (including phenoxy) is 2. The fourth-order valence-corrected chi connectivity index (χ4v) is 1.69. The maximum atomic E-state index is 11.5. The fraction of sp³-hybridized carbons (Fsp3) is 0.417. The first-order chi connectivity index (χ1) is 8.21. The zero-order valence-electron chi connectivity index (χ0n) is 9.96. The molecule has 0 unspecified atom stereocenters. The fourth-order valence-electron chi connectivity index (χ4n) is 1.43. The summed E-state index contributed by atoms with van der Waals surface area (Å²) >= 11 is 2.22. The quantitative estimate of drug-likeness (QED) is 0.629. The number of nitrogens with one attached hydrogen (secondary N) is 1. The van der Waals surface area contributed by atoms with Crippen molar-refractivity contribution < 1.29 is 14.3 Å². The normalized spacial score (nSPS) is 9.82. The van der Waals surface area contributed by atoms with Crippen LogP contribution in [0.5, 0.6) is 11.5 Å². The van der Waals surface area contributed by atoms with Gasteiger partial charge in [0.1, 0.15) is 0 Å². The van der Waals surface area contributed by atoms with Gasteiger partial charge in [-0.15, -0.1) is 0 Å². The predicted octanol–water partition coefficient (Wildman–Crippen LogP) is 1.80. The van der Waals surface area contributed by atoms with E-state index in [1.807, 2.05) is 12.1 Å². The van der Waals surface area contributed by atoms with Crippen LogP contribution in [-0.4, -0.2) is 31.1 Å². The first-order valence-corrected chi connectivity index (χ1v) is 6.77. The first-order valence-electron chi connectivity index (χ1n) is 5.24. The lowest BCUT2D eigenvalue weighted by Crippen LogP contribution is -2.26. The van der Waals surface area contributed by atoms with Gasteiger partial charge >= 0.3 is 0 Å². The number of hydrogen-bond acceptors (Lipinski definition) is 3. The minimum absolute atomic E-state index is 0.0221. The molecule has 5 heteroatoms. The van der Waals surface area contributed by atoms with Crippen molar-refractivity contribution in [1.29, 1.82) is 0 Å². The standard InChI is InChI=1S/C12H16INO3/c1-16-10-4-3-9(7-11(10)17-2)8-12(15)14-6-5-13/h3-4,7H,5-6,8H2,1-2H3,(H,14,15). The van der Waals surface area contributed by atoms with Crippen molar-refractivity contribution in [2.24, 2.45) is 0 Å². The van der Waals surface area contributed by atoms with Gasteiger partial charge in [0.2, 0.25) is 5.91 Å². The van der Waals surface area contributed by atoms with Crippen LogP contribution in [0.25, 0.3) is 0 Å². The van der Waals surface area contributed by atoms with E-state index in [1.165, 1.54) is 0 Å². The average molecular weight is 349 g/mol. The molecule has 0 aliphatic heterocycles. The number of alkyl halides is 1. The Morgan fingerprint density at radius 1 is 1.29 bits per heavy atom. The van der Waals surface area contributed by atoms with Crippen LogP contribution < -0.4 is 14.8 Å². The molecule has 0 heterocycles. The molecule has 0 fully saturated rings. The van der Waals surface area contributed by atoms with Gasteiger partial charge in [0.15, 0.2) is 11.5 Å². The van der Waals surface area contributed by atoms with Crippen molar-refractivity contribution in [3.63, 3.8) is 0 Å². The monoisotopic (exact) mass is 349 g/mol. The van der Waals surface area contributed by atoms with Gasteiger partial charge in [-0.25, -0.2) is 0 Å². The molecule has 1 N–H and O–H groups in total. The van der Waals surface area contributed by atoms with E-state index < -0.39 is 0 Å². The Hall–Kier alpha value is -0.980. The number of benzene rings is 1. The predicted molar refractivity (Wildman–Crippen MR) is 75.1 cm³/mol. The summed E-state index contributed by atoms with van der Waals surface area (Å²) in [6.07, 6.45) is 0.358. The molecule has 0 aliphatic carbocycles. The lowest BCUT2D eigenvalue weighted by molar-refractivity contribution is -0.120.